The second-order valence-electron chi connectivity index (χ2n) is 6.30. The summed E-state index contributed by atoms with van der Waals surface area (Å²) in [4.78, 5) is 12.3. The molecule has 3 aromatic rings. The topological polar surface area (TPSA) is 68.8 Å². The highest BCUT2D eigenvalue weighted by Crippen LogP contribution is 2.32. The van der Waals surface area contributed by atoms with Gasteiger partial charge in [-0.15, -0.1) is 0 Å². The zero-order chi connectivity index (χ0) is 19.3. The predicted molar refractivity (Wildman–Crippen MR) is 107 cm³/mol. The van der Waals surface area contributed by atoms with E-state index in [0.717, 1.165) is 34.2 Å². The van der Waals surface area contributed by atoms with Crippen molar-refractivity contribution in [2.24, 2.45) is 0 Å². The molecule has 0 saturated carbocycles. The summed E-state index contributed by atoms with van der Waals surface area (Å²) in [6, 6.07) is 20.5. The van der Waals surface area contributed by atoms with Crippen LogP contribution in [0.25, 0.3) is 0 Å². The van der Waals surface area contributed by atoms with Gasteiger partial charge >= 0.3 is 0 Å². The molecule has 0 saturated heterocycles. The average molecular weight is 376 g/mol. The number of carbonyl (C=O) groups excluding carboxylic acids is 1. The van der Waals surface area contributed by atoms with Gasteiger partial charge in [0.15, 0.2) is 11.5 Å². The Morgan fingerprint density at radius 2 is 1.64 bits per heavy atom. The molecule has 0 unspecified atom stereocenters. The summed E-state index contributed by atoms with van der Waals surface area (Å²) in [5.74, 6) is 2.11. The van der Waals surface area contributed by atoms with Gasteiger partial charge in [-0.25, -0.2) is 0 Å². The summed E-state index contributed by atoms with van der Waals surface area (Å²) in [7, 11) is 1.59. The second-order valence-corrected chi connectivity index (χ2v) is 6.30. The van der Waals surface area contributed by atoms with Gasteiger partial charge in [-0.05, 0) is 66.2 Å². The molecule has 0 spiro atoms. The first-order chi connectivity index (χ1) is 13.7. The third-order valence-corrected chi connectivity index (χ3v) is 4.43. The first-order valence-corrected chi connectivity index (χ1v) is 8.89. The number of benzene rings is 3. The molecule has 6 nitrogen and oxygen atoms in total. The minimum Gasteiger partial charge on any atom is -0.497 e. The van der Waals surface area contributed by atoms with Gasteiger partial charge in [0.05, 0.1) is 7.11 Å². The fraction of sp³-hybridized carbons (Fsp3) is 0.136. The fourth-order valence-corrected chi connectivity index (χ4v) is 2.87. The van der Waals surface area contributed by atoms with E-state index in [1.165, 1.54) is 0 Å². The summed E-state index contributed by atoms with van der Waals surface area (Å²) < 4.78 is 15.8. The summed E-state index contributed by atoms with van der Waals surface area (Å²) in [5.41, 5.74) is 3.36. The monoisotopic (exact) mass is 376 g/mol. The van der Waals surface area contributed by atoms with E-state index in [4.69, 9.17) is 14.2 Å². The lowest BCUT2D eigenvalue weighted by Gasteiger charge is -2.10. The van der Waals surface area contributed by atoms with E-state index in [-0.39, 0.29) is 12.7 Å². The van der Waals surface area contributed by atoms with Gasteiger partial charge in [0, 0.05) is 23.5 Å². The number of hydrogen-bond acceptors (Lipinski definition) is 5. The molecule has 0 bridgehead atoms. The molecular weight excluding hydrogens is 356 g/mol. The molecule has 1 aliphatic heterocycles. The summed E-state index contributed by atoms with van der Waals surface area (Å²) in [6.45, 7) is 0.935. The molecule has 3 aromatic carbocycles. The number of rotatable bonds is 6. The van der Waals surface area contributed by atoms with Crippen molar-refractivity contribution in [1.82, 2.24) is 0 Å². The predicted octanol–water partition coefficient (Wildman–Crippen LogP) is 4.29. The number of nitrogens with one attached hydrogen (secondary N) is 2. The van der Waals surface area contributed by atoms with Crippen LogP contribution >= 0.6 is 0 Å². The SMILES string of the molecule is COc1ccc(C(=O)Nc2ccc(NCc3ccc4c(c3)OCO4)cc2)cc1. The molecule has 4 rings (SSSR count). The van der Waals surface area contributed by atoms with E-state index in [1.807, 2.05) is 42.5 Å². The molecule has 1 amide bonds. The molecule has 0 radical (unpaired) electrons. The second kappa shape index (κ2) is 7.92. The Morgan fingerprint density at radius 1 is 0.929 bits per heavy atom. The Hall–Kier alpha value is -3.67. The van der Waals surface area contributed by atoms with Crippen LogP contribution in [0.5, 0.6) is 17.2 Å². The lowest BCUT2D eigenvalue weighted by Crippen LogP contribution is -2.11. The first kappa shape index (κ1) is 17.7. The van der Waals surface area contributed by atoms with Gasteiger partial charge in [0.2, 0.25) is 6.79 Å². The van der Waals surface area contributed by atoms with E-state index in [0.29, 0.717) is 12.1 Å². The van der Waals surface area contributed by atoms with Crippen molar-refractivity contribution in [2.75, 3.05) is 24.5 Å². The molecule has 28 heavy (non-hydrogen) atoms. The smallest absolute Gasteiger partial charge is 0.255 e. The maximum absolute atomic E-state index is 12.3. The molecule has 2 N–H and O–H groups in total. The Bertz CT molecular complexity index is 969. The number of ether oxygens (including phenoxy) is 3. The molecule has 1 aliphatic rings. The van der Waals surface area contributed by atoms with Crippen molar-refractivity contribution in [1.29, 1.82) is 0 Å². The van der Waals surface area contributed by atoms with Crippen LogP contribution in [0.15, 0.2) is 66.7 Å². The Balaban J connectivity index is 1.33. The number of methoxy groups -OCH3 is 1. The molecule has 1 heterocycles. The van der Waals surface area contributed by atoms with E-state index < -0.39 is 0 Å². The zero-order valence-corrected chi connectivity index (χ0v) is 15.4. The van der Waals surface area contributed by atoms with Crippen LogP contribution in [-0.4, -0.2) is 19.8 Å². The zero-order valence-electron chi connectivity index (χ0n) is 15.4. The van der Waals surface area contributed by atoms with E-state index >= 15 is 0 Å². The quantitative estimate of drug-likeness (QED) is 0.672. The van der Waals surface area contributed by atoms with Crippen LogP contribution < -0.4 is 24.8 Å². The van der Waals surface area contributed by atoms with Crippen molar-refractivity contribution in [3.8, 4) is 17.2 Å². The third-order valence-electron chi connectivity index (χ3n) is 4.43. The fourth-order valence-electron chi connectivity index (χ4n) is 2.87. The lowest BCUT2D eigenvalue weighted by atomic mass is 10.2. The van der Waals surface area contributed by atoms with Crippen LogP contribution in [-0.2, 0) is 6.54 Å². The summed E-state index contributed by atoms with van der Waals surface area (Å²) >= 11 is 0. The van der Waals surface area contributed by atoms with Gasteiger partial charge in [-0.2, -0.15) is 0 Å². The van der Waals surface area contributed by atoms with Crippen molar-refractivity contribution in [3.05, 3.63) is 77.9 Å². The first-order valence-electron chi connectivity index (χ1n) is 8.89. The van der Waals surface area contributed by atoms with Crippen LogP contribution in [0.4, 0.5) is 11.4 Å². The van der Waals surface area contributed by atoms with Crippen molar-refractivity contribution in [2.45, 2.75) is 6.54 Å². The number of fused-ring (bicyclic) bond motifs is 1. The highest BCUT2D eigenvalue weighted by Gasteiger charge is 2.13. The molecule has 0 fully saturated rings. The van der Waals surface area contributed by atoms with Crippen LogP contribution in [0, 0.1) is 0 Å². The molecule has 6 heteroatoms. The van der Waals surface area contributed by atoms with Gasteiger partial charge in [0.25, 0.3) is 5.91 Å². The molecular formula is C22H20N2O4. The lowest BCUT2D eigenvalue weighted by molar-refractivity contribution is 0.102. The molecule has 0 aliphatic carbocycles. The average Bonchev–Trinajstić information content (AvgIpc) is 3.21. The van der Waals surface area contributed by atoms with E-state index in [9.17, 15) is 4.79 Å². The number of amides is 1. The Morgan fingerprint density at radius 3 is 2.39 bits per heavy atom. The highest BCUT2D eigenvalue weighted by molar-refractivity contribution is 6.04. The van der Waals surface area contributed by atoms with Crippen molar-refractivity contribution in [3.63, 3.8) is 0 Å². The molecule has 0 atom stereocenters. The van der Waals surface area contributed by atoms with Crippen LogP contribution in [0.1, 0.15) is 15.9 Å². The number of anilines is 2. The standard InChI is InChI=1S/C22H20N2O4/c1-26-19-9-3-16(4-10-19)22(25)24-18-7-5-17(6-8-18)23-13-15-2-11-20-21(12-15)28-14-27-20/h2-12,23H,13-14H2,1H3,(H,24,25). The minimum absolute atomic E-state index is 0.163. The summed E-state index contributed by atoms with van der Waals surface area (Å²) in [5, 5.41) is 6.24. The maximum atomic E-state index is 12.3. The Kier molecular flexibility index (Phi) is 5.01. The van der Waals surface area contributed by atoms with Crippen molar-refractivity contribution < 1.29 is 19.0 Å². The minimum atomic E-state index is -0.163. The van der Waals surface area contributed by atoms with Gasteiger partial charge in [-0.1, -0.05) is 6.07 Å². The van der Waals surface area contributed by atoms with Gasteiger partial charge < -0.3 is 24.8 Å². The highest BCUT2D eigenvalue weighted by atomic mass is 16.7. The van der Waals surface area contributed by atoms with Gasteiger partial charge in [0.1, 0.15) is 5.75 Å². The number of hydrogen-bond donors (Lipinski definition) is 2. The van der Waals surface area contributed by atoms with Gasteiger partial charge in [-0.3, -0.25) is 4.79 Å². The van der Waals surface area contributed by atoms with Crippen molar-refractivity contribution >= 4 is 17.3 Å². The molecule has 0 aromatic heterocycles. The van der Waals surface area contributed by atoms with E-state index in [2.05, 4.69) is 10.6 Å². The number of carbonyl (C=O) groups is 1. The normalized spacial score (nSPS) is 11.8. The van der Waals surface area contributed by atoms with Crippen LogP contribution in [0.2, 0.25) is 0 Å². The molecule has 142 valence electrons. The summed E-state index contributed by atoms with van der Waals surface area (Å²) in [6.07, 6.45) is 0. The Labute approximate surface area is 163 Å². The van der Waals surface area contributed by atoms with E-state index in [1.54, 1.807) is 31.4 Å². The maximum Gasteiger partial charge on any atom is 0.255 e. The third kappa shape index (κ3) is 4.01. The van der Waals surface area contributed by atoms with Crippen LogP contribution in [0.3, 0.4) is 0 Å². The largest absolute Gasteiger partial charge is 0.497 e.